The highest BCUT2D eigenvalue weighted by atomic mass is 14.7. The fraction of sp³-hybridized carbons (Fsp3) is 0.917. The van der Waals surface area contributed by atoms with Crippen molar-refractivity contribution in [1.29, 1.82) is 0 Å². The van der Waals surface area contributed by atoms with Gasteiger partial charge in [0.05, 0.1) is 0 Å². The van der Waals surface area contributed by atoms with Gasteiger partial charge in [-0.25, -0.2) is 0 Å². The van der Waals surface area contributed by atoms with Gasteiger partial charge in [-0.2, -0.15) is 0 Å². The van der Waals surface area contributed by atoms with E-state index in [0.29, 0.717) is 0 Å². The van der Waals surface area contributed by atoms with Gasteiger partial charge in [0.25, 0.3) is 0 Å². The summed E-state index contributed by atoms with van der Waals surface area (Å²) in [6.07, 6.45) is 9.89. The molecule has 0 radical (unpaired) electrons. The Bertz CT molecular complexity index is 118. The Balaban J connectivity index is 3.50. The molecule has 0 aromatic carbocycles. The van der Waals surface area contributed by atoms with Crippen molar-refractivity contribution in [3.63, 3.8) is 0 Å². The Morgan fingerprint density at radius 1 is 1.08 bits per heavy atom. The van der Waals surface area contributed by atoms with Crippen LogP contribution in [0.4, 0.5) is 0 Å². The Kier molecular flexibility index (Phi) is 9.51. The zero-order valence-corrected chi connectivity index (χ0v) is 9.55. The van der Waals surface area contributed by atoms with Crippen molar-refractivity contribution >= 4 is 6.21 Å². The number of hydrogen-bond donors (Lipinski definition) is 0. The van der Waals surface area contributed by atoms with Gasteiger partial charge in [-0.05, 0) is 25.2 Å². The average molecular weight is 183 g/mol. The van der Waals surface area contributed by atoms with Crippen LogP contribution < -0.4 is 0 Å². The third-order valence-electron chi connectivity index (χ3n) is 2.41. The van der Waals surface area contributed by atoms with Crippen molar-refractivity contribution in [2.24, 2.45) is 10.9 Å². The van der Waals surface area contributed by atoms with Crippen molar-refractivity contribution in [3.05, 3.63) is 0 Å². The topological polar surface area (TPSA) is 12.4 Å². The van der Waals surface area contributed by atoms with E-state index in [4.69, 9.17) is 0 Å². The molecule has 0 amide bonds. The molecule has 13 heavy (non-hydrogen) atoms. The molecule has 0 saturated heterocycles. The lowest BCUT2D eigenvalue weighted by atomic mass is 10.0. The summed E-state index contributed by atoms with van der Waals surface area (Å²) in [6, 6.07) is 0. The maximum absolute atomic E-state index is 4.46. The SMILES string of the molecule is CCCCN=CC(CC)CCCC. The molecule has 78 valence electrons. The molecular weight excluding hydrogens is 158 g/mol. The molecule has 0 spiro atoms. The third-order valence-corrected chi connectivity index (χ3v) is 2.41. The lowest BCUT2D eigenvalue weighted by molar-refractivity contribution is 0.574. The number of aliphatic imine (C=N–C) groups is 1. The van der Waals surface area contributed by atoms with Crippen LogP contribution in [0.3, 0.4) is 0 Å². The second-order valence-corrected chi connectivity index (χ2v) is 3.72. The van der Waals surface area contributed by atoms with E-state index in [1.54, 1.807) is 0 Å². The molecule has 0 aromatic heterocycles. The van der Waals surface area contributed by atoms with Crippen LogP contribution in [0.5, 0.6) is 0 Å². The molecule has 0 aliphatic carbocycles. The Labute approximate surface area is 83.6 Å². The van der Waals surface area contributed by atoms with E-state index in [-0.39, 0.29) is 0 Å². The smallest absolute Gasteiger partial charge is 0.0385 e. The summed E-state index contributed by atoms with van der Waals surface area (Å²) < 4.78 is 0. The fourth-order valence-electron chi connectivity index (χ4n) is 1.32. The van der Waals surface area contributed by atoms with E-state index in [1.165, 1.54) is 38.5 Å². The summed E-state index contributed by atoms with van der Waals surface area (Å²) in [5, 5.41) is 0. The molecular formula is C12H25N. The van der Waals surface area contributed by atoms with Gasteiger partial charge in [-0.3, -0.25) is 4.99 Å². The van der Waals surface area contributed by atoms with E-state index in [0.717, 1.165) is 12.5 Å². The van der Waals surface area contributed by atoms with Gasteiger partial charge < -0.3 is 0 Å². The molecule has 0 N–H and O–H groups in total. The first-order valence-electron chi connectivity index (χ1n) is 5.85. The van der Waals surface area contributed by atoms with Gasteiger partial charge in [0, 0.05) is 12.8 Å². The largest absolute Gasteiger partial charge is 0.297 e. The van der Waals surface area contributed by atoms with Crippen molar-refractivity contribution in [2.75, 3.05) is 6.54 Å². The first-order valence-corrected chi connectivity index (χ1v) is 5.85. The van der Waals surface area contributed by atoms with Crippen molar-refractivity contribution in [2.45, 2.75) is 59.3 Å². The summed E-state index contributed by atoms with van der Waals surface area (Å²) in [6.45, 7) is 7.75. The quantitative estimate of drug-likeness (QED) is 0.397. The van der Waals surface area contributed by atoms with Crippen molar-refractivity contribution < 1.29 is 0 Å². The van der Waals surface area contributed by atoms with Crippen LogP contribution in [0.15, 0.2) is 4.99 Å². The number of unbranched alkanes of at least 4 members (excludes halogenated alkanes) is 2. The lowest BCUT2D eigenvalue weighted by Gasteiger charge is -2.07. The molecule has 0 saturated carbocycles. The standard InChI is InChI=1S/C12H25N/c1-4-7-9-12(6-3)11-13-10-8-5-2/h11-12H,4-10H2,1-3H3. The highest BCUT2D eigenvalue weighted by molar-refractivity contribution is 5.60. The molecule has 0 aromatic rings. The van der Waals surface area contributed by atoms with Crippen molar-refractivity contribution in [1.82, 2.24) is 0 Å². The fourth-order valence-corrected chi connectivity index (χ4v) is 1.32. The van der Waals surface area contributed by atoms with Gasteiger partial charge in [0.1, 0.15) is 0 Å². The van der Waals surface area contributed by atoms with Gasteiger partial charge in [-0.1, -0.05) is 40.0 Å². The second-order valence-electron chi connectivity index (χ2n) is 3.72. The molecule has 0 aliphatic heterocycles. The highest BCUT2D eigenvalue weighted by Gasteiger charge is 2.00. The van der Waals surface area contributed by atoms with Gasteiger partial charge in [0.15, 0.2) is 0 Å². The summed E-state index contributed by atoms with van der Waals surface area (Å²) in [5.74, 6) is 0.733. The Hall–Kier alpha value is -0.330. The minimum absolute atomic E-state index is 0.733. The highest BCUT2D eigenvalue weighted by Crippen LogP contribution is 2.09. The number of nitrogens with zero attached hydrogens (tertiary/aromatic N) is 1. The first-order chi connectivity index (χ1) is 6.35. The monoisotopic (exact) mass is 183 g/mol. The van der Waals surface area contributed by atoms with E-state index in [9.17, 15) is 0 Å². The van der Waals surface area contributed by atoms with Crippen molar-refractivity contribution in [3.8, 4) is 0 Å². The zero-order chi connectivity index (χ0) is 9.94. The predicted molar refractivity (Wildman–Crippen MR) is 61.6 cm³/mol. The number of hydrogen-bond acceptors (Lipinski definition) is 1. The molecule has 1 atom stereocenters. The normalized spacial score (nSPS) is 13.8. The maximum atomic E-state index is 4.46. The van der Waals surface area contributed by atoms with E-state index < -0.39 is 0 Å². The first kappa shape index (κ1) is 12.7. The molecule has 0 aliphatic rings. The van der Waals surface area contributed by atoms with Gasteiger partial charge in [0.2, 0.25) is 0 Å². The molecule has 0 rings (SSSR count). The van der Waals surface area contributed by atoms with Crippen LogP contribution in [-0.2, 0) is 0 Å². The minimum atomic E-state index is 0.733. The summed E-state index contributed by atoms with van der Waals surface area (Å²) in [4.78, 5) is 4.46. The van der Waals surface area contributed by atoms with E-state index >= 15 is 0 Å². The molecule has 1 nitrogen and oxygen atoms in total. The predicted octanol–water partition coefficient (Wildman–Crippen LogP) is 4.07. The molecule has 0 fully saturated rings. The summed E-state index contributed by atoms with van der Waals surface area (Å²) in [5.41, 5.74) is 0. The summed E-state index contributed by atoms with van der Waals surface area (Å²) in [7, 11) is 0. The molecule has 1 unspecified atom stereocenters. The lowest BCUT2D eigenvalue weighted by Crippen LogP contribution is -2.00. The minimum Gasteiger partial charge on any atom is -0.297 e. The molecule has 0 bridgehead atoms. The Morgan fingerprint density at radius 2 is 1.77 bits per heavy atom. The van der Waals surface area contributed by atoms with E-state index in [2.05, 4.69) is 32.0 Å². The van der Waals surface area contributed by atoms with Crippen LogP contribution >= 0.6 is 0 Å². The van der Waals surface area contributed by atoms with Gasteiger partial charge >= 0.3 is 0 Å². The van der Waals surface area contributed by atoms with Crippen LogP contribution in [0.25, 0.3) is 0 Å². The zero-order valence-electron chi connectivity index (χ0n) is 9.55. The third kappa shape index (κ3) is 8.01. The maximum Gasteiger partial charge on any atom is 0.0385 e. The Morgan fingerprint density at radius 3 is 2.31 bits per heavy atom. The van der Waals surface area contributed by atoms with Gasteiger partial charge in [-0.15, -0.1) is 0 Å². The van der Waals surface area contributed by atoms with Crippen LogP contribution in [-0.4, -0.2) is 12.8 Å². The van der Waals surface area contributed by atoms with E-state index in [1.807, 2.05) is 0 Å². The second kappa shape index (κ2) is 9.76. The number of rotatable bonds is 8. The average Bonchev–Trinajstić information content (AvgIpc) is 2.17. The van der Waals surface area contributed by atoms with Crippen LogP contribution in [0.1, 0.15) is 59.3 Å². The summed E-state index contributed by atoms with van der Waals surface area (Å²) >= 11 is 0. The van der Waals surface area contributed by atoms with Crippen LogP contribution in [0, 0.1) is 5.92 Å². The molecule has 0 heterocycles. The molecule has 1 heteroatoms. The van der Waals surface area contributed by atoms with Crippen LogP contribution in [0.2, 0.25) is 0 Å².